The van der Waals surface area contributed by atoms with E-state index in [0.29, 0.717) is 5.91 Å². The number of hydrogen-bond donors (Lipinski definition) is 1. The molecule has 1 saturated heterocycles. The van der Waals surface area contributed by atoms with Crippen LogP contribution in [0.2, 0.25) is 0 Å². The Kier molecular flexibility index (Phi) is 13.7. The molecule has 3 heteroatoms. The molecule has 1 aliphatic heterocycles. The Hall–Kier alpha value is -0.830. The number of aliphatic hydroxyl groups is 1. The van der Waals surface area contributed by atoms with E-state index >= 15 is 0 Å². The maximum absolute atomic E-state index is 11.9. The Bertz CT molecular complexity index is 348. The van der Waals surface area contributed by atoms with Crippen molar-refractivity contribution in [1.29, 1.82) is 0 Å². The summed E-state index contributed by atoms with van der Waals surface area (Å²) >= 11 is 0. The van der Waals surface area contributed by atoms with Crippen molar-refractivity contribution < 1.29 is 9.90 Å². The van der Waals surface area contributed by atoms with Crippen LogP contribution in [0.3, 0.4) is 0 Å². The Labute approximate surface area is 155 Å². The number of amides is 1. The summed E-state index contributed by atoms with van der Waals surface area (Å²) in [5.41, 5.74) is 0. The lowest BCUT2D eigenvalue weighted by molar-refractivity contribution is -0.130. The molecule has 0 spiro atoms. The van der Waals surface area contributed by atoms with E-state index in [-0.39, 0.29) is 6.10 Å². The summed E-state index contributed by atoms with van der Waals surface area (Å²) in [7, 11) is 0. The summed E-state index contributed by atoms with van der Waals surface area (Å²) < 4.78 is 0. The molecule has 0 aliphatic carbocycles. The lowest BCUT2D eigenvalue weighted by Gasteiger charge is -2.14. The third kappa shape index (κ3) is 12.2. The molecular weight excluding hydrogens is 310 g/mol. The van der Waals surface area contributed by atoms with E-state index in [1.807, 2.05) is 4.90 Å². The average Bonchev–Trinajstić information content (AvgIpc) is 3.15. The maximum Gasteiger partial charge on any atom is 0.222 e. The van der Waals surface area contributed by atoms with Gasteiger partial charge in [-0.2, -0.15) is 0 Å². The third-order valence-corrected chi connectivity index (χ3v) is 5.19. The van der Waals surface area contributed by atoms with Crippen LogP contribution in [0.15, 0.2) is 12.2 Å². The molecule has 3 nitrogen and oxygen atoms in total. The van der Waals surface area contributed by atoms with Crippen LogP contribution in [0.5, 0.6) is 0 Å². The minimum atomic E-state index is -0.152. The second kappa shape index (κ2) is 15.4. The fraction of sp³-hybridized carbons (Fsp3) is 0.864. The van der Waals surface area contributed by atoms with Crippen molar-refractivity contribution in [3.8, 4) is 0 Å². The molecule has 0 aromatic rings. The summed E-state index contributed by atoms with van der Waals surface area (Å²) in [5, 5.41) is 9.89. The van der Waals surface area contributed by atoms with Gasteiger partial charge < -0.3 is 10.0 Å². The Morgan fingerprint density at radius 2 is 1.64 bits per heavy atom. The molecule has 0 unspecified atom stereocenters. The van der Waals surface area contributed by atoms with Gasteiger partial charge in [-0.25, -0.2) is 0 Å². The van der Waals surface area contributed by atoms with Gasteiger partial charge in [0.15, 0.2) is 0 Å². The largest absolute Gasteiger partial charge is 0.393 e. The smallest absolute Gasteiger partial charge is 0.222 e. The zero-order valence-electron chi connectivity index (χ0n) is 16.6. The summed E-state index contributed by atoms with van der Waals surface area (Å²) in [4.78, 5) is 13.9. The van der Waals surface area contributed by atoms with Crippen molar-refractivity contribution in [2.24, 2.45) is 0 Å². The first kappa shape index (κ1) is 22.2. The lowest BCUT2D eigenvalue weighted by Crippen LogP contribution is -2.27. The Balaban J connectivity index is 1.83. The first-order chi connectivity index (χ1) is 12.2. The number of aliphatic hydroxyl groups excluding tert-OH is 1. The van der Waals surface area contributed by atoms with Crippen molar-refractivity contribution in [3.05, 3.63) is 12.2 Å². The van der Waals surface area contributed by atoms with Crippen molar-refractivity contribution in [1.82, 2.24) is 4.90 Å². The molecule has 0 aromatic heterocycles. The van der Waals surface area contributed by atoms with Crippen LogP contribution < -0.4 is 0 Å². The van der Waals surface area contributed by atoms with Crippen molar-refractivity contribution in [3.63, 3.8) is 0 Å². The van der Waals surface area contributed by atoms with E-state index in [4.69, 9.17) is 0 Å². The van der Waals surface area contributed by atoms with Gasteiger partial charge in [0.25, 0.3) is 0 Å². The fourth-order valence-corrected chi connectivity index (χ4v) is 3.49. The molecule has 1 atom stereocenters. The van der Waals surface area contributed by atoms with Crippen LogP contribution in [-0.4, -0.2) is 35.1 Å². The van der Waals surface area contributed by atoms with E-state index in [9.17, 15) is 9.90 Å². The van der Waals surface area contributed by atoms with Crippen LogP contribution in [-0.2, 0) is 4.79 Å². The standard InChI is InChI=1S/C22H41NO2/c1-2-3-4-11-16-21(24)17-12-9-7-5-6-8-10-13-18-22(25)23-19-14-15-20-23/h9,12,21,24H,2-8,10-11,13-20H2,1H3/b12-9+/t21-/m1/s1. The first-order valence-electron chi connectivity index (χ1n) is 10.8. The number of carbonyl (C=O) groups excluding carboxylic acids is 1. The SMILES string of the molecule is CCCCCC[C@@H](O)C/C=C/CCCCCCCC(=O)N1CCCC1. The number of rotatable bonds is 15. The number of likely N-dealkylation sites (tertiary alicyclic amines) is 1. The van der Waals surface area contributed by atoms with Crippen LogP contribution in [0.25, 0.3) is 0 Å². The van der Waals surface area contributed by atoms with Crippen molar-refractivity contribution >= 4 is 5.91 Å². The van der Waals surface area contributed by atoms with E-state index in [0.717, 1.165) is 51.6 Å². The van der Waals surface area contributed by atoms with Crippen LogP contribution in [0, 0.1) is 0 Å². The molecule has 146 valence electrons. The fourth-order valence-electron chi connectivity index (χ4n) is 3.49. The molecule has 0 bridgehead atoms. The highest BCUT2D eigenvalue weighted by atomic mass is 16.3. The summed E-state index contributed by atoms with van der Waals surface area (Å²) in [5.74, 6) is 0.369. The average molecular weight is 352 g/mol. The Morgan fingerprint density at radius 1 is 0.960 bits per heavy atom. The maximum atomic E-state index is 11.9. The van der Waals surface area contributed by atoms with Gasteiger partial charge in [-0.3, -0.25) is 4.79 Å². The van der Waals surface area contributed by atoms with E-state index in [1.54, 1.807) is 0 Å². The summed E-state index contributed by atoms with van der Waals surface area (Å²) in [6, 6.07) is 0. The first-order valence-corrected chi connectivity index (χ1v) is 10.8. The number of carbonyl (C=O) groups is 1. The van der Waals surface area contributed by atoms with Gasteiger partial charge in [-0.05, 0) is 44.9 Å². The van der Waals surface area contributed by atoms with E-state index in [2.05, 4.69) is 19.1 Å². The Morgan fingerprint density at radius 3 is 2.40 bits per heavy atom. The third-order valence-electron chi connectivity index (χ3n) is 5.19. The lowest BCUT2D eigenvalue weighted by atomic mass is 10.1. The quantitative estimate of drug-likeness (QED) is 0.307. The van der Waals surface area contributed by atoms with Gasteiger partial charge >= 0.3 is 0 Å². The molecular formula is C22H41NO2. The molecule has 0 aromatic carbocycles. The van der Waals surface area contributed by atoms with Gasteiger partial charge in [0.05, 0.1) is 6.10 Å². The van der Waals surface area contributed by atoms with Gasteiger partial charge in [-0.1, -0.05) is 64.0 Å². The van der Waals surface area contributed by atoms with Crippen LogP contribution in [0.4, 0.5) is 0 Å². The van der Waals surface area contributed by atoms with Gasteiger partial charge in [-0.15, -0.1) is 0 Å². The van der Waals surface area contributed by atoms with Gasteiger partial charge in [0.2, 0.25) is 5.91 Å². The number of allylic oxidation sites excluding steroid dienone is 1. The molecule has 1 rings (SSSR count). The minimum absolute atomic E-state index is 0.152. The van der Waals surface area contributed by atoms with Gasteiger partial charge in [0.1, 0.15) is 0 Å². The molecule has 0 radical (unpaired) electrons. The molecule has 1 amide bonds. The van der Waals surface area contributed by atoms with Crippen LogP contribution >= 0.6 is 0 Å². The van der Waals surface area contributed by atoms with Gasteiger partial charge in [0, 0.05) is 19.5 Å². The predicted molar refractivity (Wildman–Crippen MR) is 107 cm³/mol. The van der Waals surface area contributed by atoms with Crippen molar-refractivity contribution in [2.45, 2.75) is 109 Å². The normalized spacial score (nSPS) is 16.0. The second-order valence-electron chi connectivity index (χ2n) is 7.60. The summed E-state index contributed by atoms with van der Waals surface area (Å²) in [6.45, 7) is 4.19. The minimum Gasteiger partial charge on any atom is -0.393 e. The highest BCUT2D eigenvalue weighted by Gasteiger charge is 2.16. The van der Waals surface area contributed by atoms with Crippen molar-refractivity contribution in [2.75, 3.05) is 13.1 Å². The second-order valence-corrected chi connectivity index (χ2v) is 7.60. The molecule has 1 N–H and O–H groups in total. The van der Waals surface area contributed by atoms with Crippen LogP contribution in [0.1, 0.15) is 103 Å². The monoisotopic (exact) mass is 351 g/mol. The van der Waals surface area contributed by atoms with E-state index < -0.39 is 0 Å². The number of nitrogens with zero attached hydrogens (tertiary/aromatic N) is 1. The molecule has 0 saturated carbocycles. The zero-order valence-corrected chi connectivity index (χ0v) is 16.6. The predicted octanol–water partition coefficient (Wildman–Crippen LogP) is 5.62. The number of hydrogen-bond acceptors (Lipinski definition) is 2. The highest BCUT2D eigenvalue weighted by Crippen LogP contribution is 2.13. The molecule has 1 aliphatic rings. The molecule has 25 heavy (non-hydrogen) atoms. The molecule has 1 fully saturated rings. The van der Waals surface area contributed by atoms with E-state index in [1.165, 1.54) is 57.8 Å². The number of unbranched alkanes of at least 4 members (excludes halogenated alkanes) is 8. The zero-order chi connectivity index (χ0) is 18.2. The molecule has 1 heterocycles. The topological polar surface area (TPSA) is 40.5 Å². The summed E-state index contributed by atoms with van der Waals surface area (Å²) in [6.07, 6.45) is 21.1. The highest BCUT2D eigenvalue weighted by molar-refractivity contribution is 5.76.